The highest BCUT2D eigenvalue weighted by Gasteiger charge is 2.21. The standard InChI is InChI=1S/C12H20O/c1-3-10(4-2)9-12(13)8-7-11-5-6-11/h9,11H,3-8H2,1-2H3. The maximum Gasteiger partial charge on any atom is 0.155 e. The molecule has 0 unspecified atom stereocenters. The first-order chi connectivity index (χ1) is 6.26. The third-order valence-electron chi connectivity index (χ3n) is 2.77. The second kappa shape index (κ2) is 5.21. The van der Waals surface area contributed by atoms with Gasteiger partial charge >= 0.3 is 0 Å². The summed E-state index contributed by atoms with van der Waals surface area (Å²) >= 11 is 0. The molecular formula is C12H20O. The van der Waals surface area contributed by atoms with Crippen LogP contribution in [0.15, 0.2) is 11.6 Å². The number of hydrogen-bond donors (Lipinski definition) is 0. The van der Waals surface area contributed by atoms with E-state index in [1.54, 1.807) is 0 Å². The third-order valence-corrected chi connectivity index (χ3v) is 2.77. The molecule has 1 saturated carbocycles. The van der Waals surface area contributed by atoms with Crippen molar-refractivity contribution in [3.63, 3.8) is 0 Å². The Hall–Kier alpha value is -0.590. The molecule has 0 bridgehead atoms. The molecule has 0 radical (unpaired) electrons. The maximum atomic E-state index is 11.4. The van der Waals surface area contributed by atoms with Gasteiger partial charge < -0.3 is 0 Å². The highest BCUT2D eigenvalue weighted by molar-refractivity contribution is 5.90. The first-order valence-corrected chi connectivity index (χ1v) is 5.48. The van der Waals surface area contributed by atoms with Crippen LogP contribution in [-0.2, 0) is 4.79 Å². The van der Waals surface area contributed by atoms with Crippen molar-refractivity contribution >= 4 is 5.78 Å². The number of rotatable bonds is 6. The minimum Gasteiger partial charge on any atom is -0.295 e. The van der Waals surface area contributed by atoms with Gasteiger partial charge in [0.2, 0.25) is 0 Å². The van der Waals surface area contributed by atoms with Crippen LogP contribution >= 0.6 is 0 Å². The van der Waals surface area contributed by atoms with Crippen LogP contribution in [0.25, 0.3) is 0 Å². The molecule has 0 aromatic rings. The largest absolute Gasteiger partial charge is 0.295 e. The van der Waals surface area contributed by atoms with E-state index in [0.717, 1.165) is 31.6 Å². The van der Waals surface area contributed by atoms with Crippen molar-refractivity contribution in [2.45, 2.75) is 52.4 Å². The summed E-state index contributed by atoms with van der Waals surface area (Å²) in [7, 11) is 0. The monoisotopic (exact) mass is 180 g/mol. The quantitative estimate of drug-likeness (QED) is 0.572. The van der Waals surface area contributed by atoms with E-state index in [1.807, 2.05) is 6.08 Å². The van der Waals surface area contributed by atoms with Gasteiger partial charge in [-0.05, 0) is 31.3 Å². The molecule has 0 heterocycles. The zero-order chi connectivity index (χ0) is 9.68. The molecule has 0 N–H and O–H groups in total. The van der Waals surface area contributed by atoms with Gasteiger partial charge in [0.15, 0.2) is 5.78 Å². The minimum absolute atomic E-state index is 0.339. The van der Waals surface area contributed by atoms with Crippen LogP contribution in [0.2, 0.25) is 0 Å². The number of ketones is 1. The molecule has 0 aromatic heterocycles. The first kappa shape index (κ1) is 10.5. The Labute approximate surface area is 81.2 Å². The highest BCUT2D eigenvalue weighted by Crippen LogP contribution is 2.33. The summed E-state index contributed by atoms with van der Waals surface area (Å²) in [6.45, 7) is 4.23. The van der Waals surface area contributed by atoms with Crippen LogP contribution in [0.4, 0.5) is 0 Å². The average molecular weight is 180 g/mol. The number of hydrogen-bond acceptors (Lipinski definition) is 1. The molecule has 1 nitrogen and oxygen atoms in total. The molecule has 0 atom stereocenters. The third kappa shape index (κ3) is 4.25. The Balaban J connectivity index is 2.24. The molecule has 0 amide bonds. The Morgan fingerprint density at radius 1 is 1.31 bits per heavy atom. The van der Waals surface area contributed by atoms with Gasteiger partial charge in [0.25, 0.3) is 0 Å². The van der Waals surface area contributed by atoms with E-state index in [1.165, 1.54) is 18.4 Å². The zero-order valence-corrected chi connectivity index (χ0v) is 8.81. The lowest BCUT2D eigenvalue weighted by Gasteiger charge is -1.99. The Kier molecular flexibility index (Phi) is 4.20. The summed E-state index contributed by atoms with van der Waals surface area (Å²) in [6, 6.07) is 0. The van der Waals surface area contributed by atoms with Crippen molar-refractivity contribution in [3.8, 4) is 0 Å². The smallest absolute Gasteiger partial charge is 0.155 e. The van der Waals surface area contributed by atoms with Crippen molar-refractivity contribution in [2.75, 3.05) is 0 Å². The van der Waals surface area contributed by atoms with Gasteiger partial charge in [-0.1, -0.05) is 32.3 Å². The molecule has 1 aliphatic rings. The van der Waals surface area contributed by atoms with Crippen molar-refractivity contribution in [1.82, 2.24) is 0 Å². The summed E-state index contributed by atoms with van der Waals surface area (Å²) in [5.74, 6) is 1.22. The molecule has 74 valence electrons. The van der Waals surface area contributed by atoms with Gasteiger partial charge in [-0.15, -0.1) is 0 Å². The maximum absolute atomic E-state index is 11.4. The van der Waals surface area contributed by atoms with E-state index < -0.39 is 0 Å². The molecule has 0 spiro atoms. The lowest BCUT2D eigenvalue weighted by molar-refractivity contribution is -0.114. The lowest BCUT2D eigenvalue weighted by Crippen LogP contribution is -1.95. The van der Waals surface area contributed by atoms with E-state index >= 15 is 0 Å². The first-order valence-electron chi connectivity index (χ1n) is 5.48. The molecule has 0 aliphatic heterocycles. The highest BCUT2D eigenvalue weighted by atomic mass is 16.1. The molecule has 0 aromatic carbocycles. The van der Waals surface area contributed by atoms with Gasteiger partial charge in [0, 0.05) is 6.42 Å². The zero-order valence-electron chi connectivity index (χ0n) is 8.81. The van der Waals surface area contributed by atoms with Gasteiger partial charge in [-0.25, -0.2) is 0 Å². The number of carbonyl (C=O) groups is 1. The number of carbonyl (C=O) groups excluding carboxylic acids is 1. The summed E-state index contributed by atoms with van der Waals surface area (Å²) < 4.78 is 0. The van der Waals surface area contributed by atoms with Gasteiger partial charge in [-0.2, -0.15) is 0 Å². The summed E-state index contributed by atoms with van der Waals surface area (Å²) in [4.78, 5) is 11.4. The van der Waals surface area contributed by atoms with Gasteiger partial charge in [0.1, 0.15) is 0 Å². The normalized spacial score (nSPS) is 15.5. The fourth-order valence-electron chi connectivity index (χ4n) is 1.51. The molecule has 1 rings (SSSR count). The average Bonchev–Trinajstić information content (AvgIpc) is 2.94. The Bertz CT molecular complexity index is 193. The minimum atomic E-state index is 0.339. The predicted molar refractivity (Wildman–Crippen MR) is 55.6 cm³/mol. The summed E-state index contributed by atoms with van der Waals surface area (Å²) in [5, 5.41) is 0. The van der Waals surface area contributed by atoms with E-state index in [4.69, 9.17) is 0 Å². The molecule has 1 heteroatoms. The van der Waals surface area contributed by atoms with Crippen LogP contribution in [0.3, 0.4) is 0 Å². The molecule has 0 saturated heterocycles. The van der Waals surface area contributed by atoms with Crippen molar-refractivity contribution in [3.05, 3.63) is 11.6 Å². The van der Waals surface area contributed by atoms with E-state index in [0.29, 0.717) is 5.78 Å². The Morgan fingerprint density at radius 2 is 1.92 bits per heavy atom. The fraction of sp³-hybridized carbons (Fsp3) is 0.750. The van der Waals surface area contributed by atoms with Crippen molar-refractivity contribution in [2.24, 2.45) is 5.92 Å². The van der Waals surface area contributed by atoms with Crippen LogP contribution < -0.4 is 0 Å². The topological polar surface area (TPSA) is 17.1 Å². The molecule has 1 aliphatic carbocycles. The summed E-state index contributed by atoms with van der Waals surface area (Å²) in [5.41, 5.74) is 1.29. The van der Waals surface area contributed by atoms with Gasteiger partial charge in [0.05, 0.1) is 0 Å². The van der Waals surface area contributed by atoms with E-state index in [9.17, 15) is 4.79 Å². The van der Waals surface area contributed by atoms with Crippen LogP contribution in [0.5, 0.6) is 0 Å². The predicted octanol–water partition coefficient (Wildman–Crippen LogP) is 3.49. The molecule has 1 fully saturated rings. The van der Waals surface area contributed by atoms with E-state index in [-0.39, 0.29) is 0 Å². The SMILES string of the molecule is CCC(=CC(=O)CCC1CC1)CC. The second-order valence-corrected chi connectivity index (χ2v) is 3.96. The second-order valence-electron chi connectivity index (χ2n) is 3.96. The lowest BCUT2D eigenvalue weighted by atomic mass is 10.1. The van der Waals surface area contributed by atoms with Crippen molar-refractivity contribution < 1.29 is 4.79 Å². The molecule has 13 heavy (non-hydrogen) atoms. The molecular weight excluding hydrogens is 160 g/mol. The van der Waals surface area contributed by atoms with Crippen LogP contribution in [0, 0.1) is 5.92 Å². The van der Waals surface area contributed by atoms with Crippen molar-refractivity contribution in [1.29, 1.82) is 0 Å². The Morgan fingerprint density at radius 3 is 2.38 bits per heavy atom. The van der Waals surface area contributed by atoms with Crippen LogP contribution in [-0.4, -0.2) is 5.78 Å². The van der Waals surface area contributed by atoms with Gasteiger partial charge in [-0.3, -0.25) is 4.79 Å². The fourth-order valence-corrected chi connectivity index (χ4v) is 1.51. The van der Waals surface area contributed by atoms with Crippen LogP contribution in [0.1, 0.15) is 52.4 Å². The summed E-state index contributed by atoms with van der Waals surface area (Å²) in [6.07, 6.45) is 8.50. The number of allylic oxidation sites excluding steroid dienone is 2. The van der Waals surface area contributed by atoms with E-state index in [2.05, 4.69) is 13.8 Å².